The fourth-order valence-electron chi connectivity index (χ4n) is 12.3. The Balaban J connectivity index is 0.899. The molecule has 3 aliphatic rings. The molecule has 10 aromatic rings. The van der Waals surface area contributed by atoms with Gasteiger partial charge in [-0.2, -0.15) is 0 Å². The molecule has 0 saturated carbocycles. The molecule has 1 heteroatoms. The topological polar surface area (TPSA) is 3.24 Å². The van der Waals surface area contributed by atoms with Crippen molar-refractivity contribution in [2.75, 3.05) is 4.90 Å². The molecule has 10 aromatic carbocycles. The molecule has 0 aromatic heterocycles. The number of anilines is 3. The minimum atomic E-state index is -0.213. The third kappa shape index (κ3) is 5.47. The Morgan fingerprint density at radius 2 is 0.636 bits per heavy atom. The van der Waals surface area contributed by atoms with Gasteiger partial charge in [-0.1, -0.05) is 193 Å². The second-order valence-electron chi connectivity index (χ2n) is 20.5. The molecule has 66 heavy (non-hydrogen) atoms. The van der Waals surface area contributed by atoms with E-state index in [9.17, 15) is 0 Å². The molecule has 0 bridgehead atoms. The van der Waals surface area contributed by atoms with E-state index in [2.05, 4.69) is 247 Å². The van der Waals surface area contributed by atoms with Crippen LogP contribution < -0.4 is 4.90 Å². The van der Waals surface area contributed by atoms with Crippen molar-refractivity contribution in [1.82, 2.24) is 0 Å². The Kier molecular flexibility index (Phi) is 8.12. The van der Waals surface area contributed by atoms with E-state index >= 15 is 0 Å². The molecule has 1 nitrogen and oxygen atoms in total. The molecule has 0 amide bonds. The lowest BCUT2D eigenvalue weighted by molar-refractivity contribution is 0.659. The Morgan fingerprint density at radius 3 is 1.18 bits per heavy atom. The van der Waals surface area contributed by atoms with E-state index in [0.29, 0.717) is 0 Å². The molecule has 13 rings (SSSR count). The van der Waals surface area contributed by atoms with Gasteiger partial charge < -0.3 is 4.90 Å². The van der Waals surface area contributed by atoms with Crippen molar-refractivity contribution in [2.45, 2.75) is 57.8 Å². The third-order valence-corrected chi connectivity index (χ3v) is 15.9. The average Bonchev–Trinajstić information content (AvgIpc) is 3.83. The average molecular weight is 846 g/mol. The lowest BCUT2D eigenvalue weighted by Gasteiger charge is -2.31. The van der Waals surface area contributed by atoms with E-state index in [4.69, 9.17) is 0 Å². The third-order valence-electron chi connectivity index (χ3n) is 15.9. The highest BCUT2D eigenvalue weighted by Crippen LogP contribution is 2.55. The lowest BCUT2D eigenvalue weighted by atomic mass is 9.81. The highest BCUT2D eigenvalue weighted by Gasteiger charge is 2.39. The highest BCUT2D eigenvalue weighted by molar-refractivity contribution is 6.13. The van der Waals surface area contributed by atoms with E-state index in [1.807, 2.05) is 0 Å². The van der Waals surface area contributed by atoms with E-state index in [1.54, 1.807) is 0 Å². The van der Waals surface area contributed by atoms with Crippen LogP contribution in [0.25, 0.3) is 77.2 Å². The zero-order valence-electron chi connectivity index (χ0n) is 38.5. The molecule has 3 aliphatic carbocycles. The van der Waals surface area contributed by atoms with E-state index < -0.39 is 0 Å². The monoisotopic (exact) mass is 845 g/mol. The van der Waals surface area contributed by atoms with Gasteiger partial charge in [0.05, 0.1) is 0 Å². The first-order valence-electron chi connectivity index (χ1n) is 23.6. The minimum absolute atomic E-state index is 0.112. The first-order valence-corrected chi connectivity index (χ1v) is 23.6. The molecule has 0 saturated heterocycles. The van der Waals surface area contributed by atoms with Crippen LogP contribution >= 0.6 is 0 Å². The number of fused-ring (bicyclic) bond motifs is 12. The largest absolute Gasteiger partial charge is 0.310 e. The number of benzene rings is 10. The van der Waals surface area contributed by atoms with Crippen molar-refractivity contribution in [2.24, 2.45) is 0 Å². The quantitative estimate of drug-likeness (QED) is 0.156. The Labute approximate surface area is 388 Å². The SMILES string of the molecule is CC1(C)c2ccccc2-c2ccc(N(c3ccc4c(c3)C(C)(C)c3ccccc3-4)c3ccc4c(c3)C(C)(C)c3cc(-c5ccc(-c6cc7ccccc7c7ccccc67)cc5)ccc3-4)cc21. The van der Waals surface area contributed by atoms with Crippen LogP contribution in [0.5, 0.6) is 0 Å². The highest BCUT2D eigenvalue weighted by atomic mass is 15.1. The molecule has 0 unspecified atom stereocenters. The first-order chi connectivity index (χ1) is 32.0. The Morgan fingerprint density at radius 1 is 0.258 bits per heavy atom. The van der Waals surface area contributed by atoms with Crippen molar-refractivity contribution >= 4 is 38.6 Å². The summed E-state index contributed by atoms with van der Waals surface area (Å²) in [6, 6.07) is 75.7. The standard InChI is InChI=1S/C65H51N/c1-63(2)57-21-13-11-19-50(57)53-32-28-44(37-60(53)63)66(45-29-33-54-51-20-12-14-22-58(51)64(3,4)61(54)38-45)46-30-34-55-52-31-27-42(36-59(52)65(5,6)62(55)39-46)40-23-25-41(26-24-40)56-35-43-15-7-8-16-47(43)48-17-9-10-18-49(48)56/h7-39H,1-6H3. The van der Waals surface area contributed by atoms with Crippen molar-refractivity contribution in [3.63, 3.8) is 0 Å². The Bertz CT molecular complexity index is 3570. The smallest absolute Gasteiger partial charge is 0.0465 e. The summed E-state index contributed by atoms with van der Waals surface area (Å²) >= 11 is 0. The number of hydrogen-bond acceptors (Lipinski definition) is 1. The summed E-state index contributed by atoms with van der Waals surface area (Å²) in [6.45, 7) is 14.3. The van der Waals surface area contributed by atoms with Gasteiger partial charge in [-0.3, -0.25) is 0 Å². The van der Waals surface area contributed by atoms with Gasteiger partial charge >= 0.3 is 0 Å². The summed E-state index contributed by atoms with van der Waals surface area (Å²) in [7, 11) is 0. The summed E-state index contributed by atoms with van der Waals surface area (Å²) in [4.78, 5) is 2.52. The first kappa shape index (κ1) is 38.9. The van der Waals surface area contributed by atoms with Crippen LogP contribution in [0.4, 0.5) is 17.1 Å². The second-order valence-corrected chi connectivity index (χ2v) is 20.5. The number of rotatable bonds is 5. The van der Waals surface area contributed by atoms with Crippen LogP contribution in [0.1, 0.15) is 74.9 Å². The second kappa shape index (κ2) is 13.8. The maximum Gasteiger partial charge on any atom is 0.0465 e. The zero-order chi connectivity index (χ0) is 44.7. The molecular weight excluding hydrogens is 795 g/mol. The van der Waals surface area contributed by atoms with Gasteiger partial charge in [-0.15, -0.1) is 0 Å². The van der Waals surface area contributed by atoms with Gasteiger partial charge in [0.2, 0.25) is 0 Å². The van der Waals surface area contributed by atoms with Crippen molar-refractivity contribution in [1.29, 1.82) is 0 Å². The molecular formula is C65H51N. The van der Waals surface area contributed by atoms with Crippen LogP contribution in [0.3, 0.4) is 0 Å². The molecule has 0 N–H and O–H groups in total. The fourth-order valence-corrected chi connectivity index (χ4v) is 12.3. The van der Waals surface area contributed by atoms with E-state index in [0.717, 1.165) is 0 Å². The molecule has 316 valence electrons. The molecule has 0 radical (unpaired) electrons. The van der Waals surface area contributed by atoms with Crippen LogP contribution in [-0.4, -0.2) is 0 Å². The summed E-state index contributed by atoms with van der Waals surface area (Å²) in [5.74, 6) is 0. The maximum absolute atomic E-state index is 2.52. The lowest BCUT2D eigenvalue weighted by Crippen LogP contribution is -2.19. The van der Waals surface area contributed by atoms with Gasteiger partial charge in [0.15, 0.2) is 0 Å². The van der Waals surface area contributed by atoms with Crippen molar-refractivity contribution < 1.29 is 0 Å². The normalized spacial score (nSPS) is 15.2. The molecule has 0 spiro atoms. The number of nitrogens with zero attached hydrogens (tertiary/aromatic N) is 1. The maximum atomic E-state index is 2.52. The summed E-state index contributed by atoms with van der Waals surface area (Å²) in [6.07, 6.45) is 0. The predicted octanol–water partition coefficient (Wildman–Crippen LogP) is 17.7. The molecule has 0 heterocycles. The van der Waals surface area contributed by atoms with Gasteiger partial charge in [-0.05, 0) is 159 Å². The van der Waals surface area contributed by atoms with Crippen molar-refractivity contribution in [3.05, 3.63) is 234 Å². The van der Waals surface area contributed by atoms with Gasteiger partial charge in [0.1, 0.15) is 0 Å². The van der Waals surface area contributed by atoms with Gasteiger partial charge in [0, 0.05) is 33.3 Å². The van der Waals surface area contributed by atoms with Crippen molar-refractivity contribution in [3.8, 4) is 55.6 Å². The number of hydrogen-bond donors (Lipinski definition) is 0. The molecule has 0 aliphatic heterocycles. The molecule has 0 fully saturated rings. The van der Waals surface area contributed by atoms with Crippen LogP contribution in [0, 0.1) is 0 Å². The van der Waals surface area contributed by atoms with Crippen LogP contribution in [0.2, 0.25) is 0 Å². The predicted molar refractivity (Wildman–Crippen MR) is 280 cm³/mol. The van der Waals surface area contributed by atoms with Crippen LogP contribution in [-0.2, 0) is 16.2 Å². The molecule has 0 atom stereocenters. The fraction of sp³-hybridized carbons (Fsp3) is 0.138. The summed E-state index contributed by atoms with van der Waals surface area (Å²) < 4.78 is 0. The summed E-state index contributed by atoms with van der Waals surface area (Å²) in [5.41, 5.74) is 24.4. The van der Waals surface area contributed by atoms with Gasteiger partial charge in [0.25, 0.3) is 0 Å². The van der Waals surface area contributed by atoms with Crippen LogP contribution in [0.15, 0.2) is 200 Å². The minimum Gasteiger partial charge on any atom is -0.310 e. The van der Waals surface area contributed by atoms with Gasteiger partial charge in [-0.25, -0.2) is 0 Å². The zero-order valence-corrected chi connectivity index (χ0v) is 38.5. The van der Waals surface area contributed by atoms with E-state index in [1.165, 1.54) is 128 Å². The Hall–Kier alpha value is -7.48. The van der Waals surface area contributed by atoms with E-state index in [-0.39, 0.29) is 16.2 Å². The summed E-state index contributed by atoms with van der Waals surface area (Å²) in [5, 5.41) is 5.15.